The number of halogens is 1. The largest absolute Gasteiger partial charge is 0.379 e. The third kappa shape index (κ3) is 4.75. The predicted octanol–water partition coefficient (Wildman–Crippen LogP) is 2.89. The minimum Gasteiger partial charge on any atom is -0.379 e. The highest BCUT2D eigenvalue weighted by atomic mass is 79.9. The molecule has 1 aromatic heterocycles. The second-order valence-electron chi connectivity index (χ2n) is 5.91. The molecule has 1 saturated heterocycles. The van der Waals surface area contributed by atoms with Gasteiger partial charge in [-0.2, -0.15) is 0 Å². The molecule has 0 aliphatic carbocycles. The van der Waals surface area contributed by atoms with Crippen molar-refractivity contribution in [3.63, 3.8) is 0 Å². The second-order valence-corrected chi connectivity index (χ2v) is 6.72. The molecular weight excluding hydrogens is 306 g/mol. The summed E-state index contributed by atoms with van der Waals surface area (Å²) in [5.41, 5.74) is 1.24. The van der Waals surface area contributed by atoms with Crippen molar-refractivity contribution in [3.05, 3.63) is 22.3 Å². The summed E-state index contributed by atoms with van der Waals surface area (Å²) < 4.78 is 6.25. The Morgan fingerprint density at radius 3 is 2.63 bits per heavy atom. The van der Waals surface area contributed by atoms with E-state index < -0.39 is 0 Å². The topological polar surface area (TPSA) is 37.4 Å². The molecule has 0 bridgehead atoms. The Balaban J connectivity index is 2.13. The van der Waals surface area contributed by atoms with E-state index in [1.54, 1.807) is 0 Å². The van der Waals surface area contributed by atoms with Crippen LogP contribution in [-0.4, -0.2) is 41.7 Å². The van der Waals surface area contributed by atoms with E-state index in [1.165, 1.54) is 5.56 Å². The van der Waals surface area contributed by atoms with Crippen LogP contribution in [-0.2, 0) is 11.3 Å². The molecule has 0 amide bonds. The highest BCUT2D eigenvalue weighted by Gasteiger charge is 2.17. The molecule has 2 rings (SSSR count). The van der Waals surface area contributed by atoms with Gasteiger partial charge in [0.15, 0.2) is 0 Å². The Kier molecular flexibility index (Phi) is 4.81. The highest BCUT2D eigenvalue weighted by Crippen LogP contribution is 2.22. The van der Waals surface area contributed by atoms with Crippen molar-refractivity contribution >= 4 is 21.7 Å². The van der Waals surface area contributed by atoms with Crippen LogP contribution >= 0.6 is 15.9 Å². The zero-order valence-electron chi connectivity index (χ0n) is 11.9. The van der Waals surface area contributed by atoms with Gasteiger partial charge in [-0.15, -0.1) is 0 Å². The molecule has 1 aliphatic rings. The first kappa shape index (κ1) is 14.8. The van der Waals surface area contributed by atoms with Crippen molar-refractivity contribution in [2.24, 2.45) is 0 Å². The van der Waals surface area contributed by atoms with Crippen LogP contribution in [0.1, 0.15) is 26.3 Å². The fraction of sp³-hybridized carbons (Fsp3) is 0.643. The van der Waals surface area contributed by atoms with Crippen molar-refractivity contribution in [2.75, 3.05) is 31.6 Å². The van der Waals surface area contributed by atoms with E-state index in [0.29, 0.717) is 0 Å². The molecule has 106 valence electrons. The Morgan fingerprint density at radius 2 is 2.00 bits per heavy atom. The number of rotatable bonds is 3. The lowest BCUT2D eigenvalue weighted by Crippen LogP contribution is -2.36. The van der Waals surface area contributed by atoms with Gasteiger partial charge >= 0.3 is 0 Å². The highest BCUT2D eigenvalue weighted by molar-refractivity contribution is 9.10. The molecule has 0 atom stereocenters. The summed E-state index contributed by atoms with van der Waals surface area (Å²) in [4.78, 5) is 6.98. The first-order chi connectivity index (χ1) is 8.94. The number of aromatic nitrogens is 1. The molecule has 1 fully saturated rings. The first-order valence-corrected chi connectivity index (χ1v) is 7.47. The Morgan fingerprint density at radius 1 is 1.32 bits per heavy atom. The fourth-order valence-electron chi connectivity index (χ4n) is 2.06. The summed E-state index contributed by atoms with van der Waals surface area (Å²) in [5, 5.41) is 3.48. The van der Waals surface area contributed by atoms with Crippen molar-refractivity contribution in [1.82, 2.24) is 9.88 Å². The number of hydrogen-bond acceptors (Lipinski definition) is 4. The van der Waals surface area contributed by atoms with Crippen LogP contribution in [0.25, 0.3) is 0 Å². The molecule has 0 saturated carbocycles. The van der Waals surface area contributed by atoms with Gasteiger partial charge in [-0.25, -0.2) is 4.98 Å². The van der Waals surface area contributed by atoms with E-state index in [0.717, 1.165) is 43.3 Å². The van der Waals surface area contributed by atoms with Crippen molar-refractivity contribution in [3.8, 4) is 0 Å². The Labute approximate surface area is 123 Å². The molecule has 4 nitrogen and oxygen atoms in total. The van der Waals surface area contributed by atoms with Gasteiger partial charge in [0.05, 0.1) is 13.2 Å². The van der Waals surface area contributed by atoms with Crippen LogP contribution in [0.4, 0.5) is 5.82 Å². The third-order valence-corrected chi connectivity index (χ3v) is 3.38. The van der Waals surface area contributed by atoms with E-state index in [1.807, 2.05) is 6.07 Å². The standard InChI is InChI=1S/C14H22BrN3O/c1-14(2,3)17-13-11(4-5-12(15)16-13)10-18-6-8-19-9-7-18/h4-5H,6-10H2,1-3H3,(H,16,17). The molecule has 1 aromatic rings. The first-order valence-electron chi connectivity index (χ1n) is 6.68. The maximum absolute atomic E-state index is 5.39. The summed E-state index contributed by atoms with van der Waals surface area (Å²) >= 11 is 3.44. The quantitative estimate of drug-likeness (QED) is 0.866. The van der Waals surface area contributed by atoms with E-state index in [2.05, 4.69) is 58.0 Å². The number of nitrogens with zero attached hydrogens (tertiary/aromatic N) is 2. The number of pyridine rings is 1. The van der Waals surface area contributed by atoms with Crippen LogP contribution in [0.2, 0.25) is 0 Å². The van der Waals surface area contributed by atoms with Crippen LogP contribution in [0.5, 0.6) is 0 Å². The molecule has 1 N–H and O–H groups in total. The molecule has 19 heavy (non-hydrogen) atoms. The minimum atomic E-state index is 0.00749. The van der Waals surface area contributed by atoms with Gasteiger partial charge in [-0.1, -0.05) is 6.07 Å². The van der Waals surface area contributed by atoms with Crippen LogP contribution in [0.15, 0.2) is 16.7 Å². The Hall–Kier alpha value is -0.650. The molecule has 0 radical (unpaired) electrons. The van der Waals surface area contributed by atoms with Gasteiger partial charge in [-0.3, -0.25) is 4.90 Å². The molecule has 5 heteroatoms. The minimum absolute atomic E-state index is 0.00749. The van der Waals surface area contributed by atoms with Crippen molar-refractivity contribution in [1.29, 1.82) is 0 Å². The molecule has 0 spiro atoms. The zero-order valence-corrected chi connectivity index (χ0v) is 13.5. The van der Waals surface area contributed by atoms with Crippen LogP contribution in [0, 0.1) is 0 Å². The maximum atomic E-state index is 5.39. The van der Waals surface area contributed by atoms with Gasteiger partial charge in [0.1, 0.15) is 10.4 Å². The lowest BCUT2D eigenvalue weighted by molar-refractivity contribution is 0.0342. The molecular formula is C14H22BrN3O. The molecule has 0 unspecified atom stereocenters. The number of anilines is 1. The van der Waals surface area contributed by atoms with Crippen molar-refractivity contribution in [2.45, 2.75) is 32.9 Å². The summed E-state index contributed by atoms with van der Waals surface area (Å²) in [5.74, 6) is 0.966. The summed E-state index contributed by atoms with van der Waals surface area (Å²) in [7, 11) is 0. The van der Waals surface area contributed by atoms with Crippen molar-refractivity contribution < 1.29 is 4.74 Å². The second kappa shape index (κ2) is 6.20. The van der Waals surface area contributed by atoms with Gasteiger partial charge in [0.2, 0.25) is 0 Å². The van der Waals surface area contributed by atoms with Gasteiger partial charge in [0.25, 0.3) is 0 Å². The predicted molar refractivity (Wildman–Crippen MR) is 81.4 cm³/mol. The average molecular weight is 328 g/mol. The maximum Gasteiger partial charge on any atom is 0.132 e. The van der Waals surface area contributed by atoms with Crippen LogP contribution in [0.3, 0.4) is 0 Å². The lowest BCUT2D eigenvalue weighted by Gasteiger charge is -2.29. The molecule has 2 heterocycles. The number of ether oxygens (including phenoxy) is 1. The van der Waals surface area contributed by atoms with E-state index >= 15 is 0 Å². The van der Waals surface area contributed by atoms with E-state index in [4.69, 9.17) is 4.74 Å². The summed E-state index contributed by atoms with van der Waals surface area (Å²) in [6.45, 7) is 11.0. The number of hydrogen-bond donors (Lipinski definition) is 1. The SMILES string of the molecule is CC(C)(C)Nc1nc(Br)ccc1CN1CCOCC1. The average Bonchev–Trinajstić information content (AvgIpc) is 2.32. The Bertz CT molecular complexity index is 425. The van der Waals surface area contributed by atoms with Gasteiger partial charge in [0, 0.05) is 30.7 Å². The van der Waals surface area contributed by atoms with Crippen LogP contribution < -0.4 is 5.32 Å². The fourth-order valence-corrected chi connectivity index (χ4v) is 2.36. The monoisotopic (exact) mass is 327 g/mol. The van der Waals surface area contributed by atoms with Gasteiger partial charge < -0.3 is 10.1 Å². The number of nitrogens with one attached hydrogen (secondary N) is 1. The number of morpholine rings is 1. The van der Waals surface area contributed by atoms with E-state index in [9.17, 15) is 0 Å². The molecule has 1 aliphatic heterocycles. The molecule has 0 aromatic carbocycles. The van der Waals surface area contributed by atoms with Gasteiger partial charge in [-0.05, 0) is 42.8 Å². The van der Waals surface area contributed by atoms with E-state index in [-0.39, 0.29) is 5.54 Å². The summed E-state index contributed by atoms with van der Waals surface area (Å²) in [6.07, 6.45) is 0. The summed E-state index contributed by atoms with van der Waals surface area (Å²) in [6, 6.07) is 4.14. The lowest BCUT2D eigenvalue weighted by atomic mass is 10.1. The smallest absolute Gasteiger partial charge is 0.132 e. The normalized spacial score (nSPS) is 17.5. The third-order valence-electron chi connectivity index (χ3n) is 2.94. The zero-order chi connectivity index (χ0) is 13.9.